The molecule has 0 aliphatic rings. The van der Waals surface area contributed by atoms with E-state index in [1.807, 2.05) is 29.8 Å². The molecule has 1 amide bonds. The number of aryl methyl sites for hydroxylation is 1. The Morgan fingerprint density at radius 2 is 2.00 bits per heavy atom. The van der Waals surface area contributed by atoms with Crippen LogP contribution in [0.5, 0.6) is 0 Å². The van der Waals surface area contributed by atoms with Crippen molar-refractivity contribution in [2.24, 2.45) is 0 Å². The summed E-state index contributed by atoms with van der Waals surface area (Å²) in [5, 5.41) is 13.8. The first-order valence-electron chi connectivity index (χ1n) is 7.98. The van der Waals surface area contributed by atoms with Gasteiger partial charge in [0.2, 0.25) is 5.91 Å². The number of carbonyl (C=O) groups excluding carboxylic acids is 1. The third kappa shape index (κ3) is 4.75. The molecule has 0 aliphatic heterocycles. The molecule has 0 saturated heterocycles. The Bertz CT molecular complexity index is 880. The van der Waals surface area contributed by atoms with Gasteiger partial charge in [-0.3, -0.25) is 9.78 Å². The normalized spacial score (nSPS) is 10.2. The van der Waals surface area contributed by atoms with Crippen LogP contribution in [0.1, 0.15) is 23.1 Å². The first-order chi connectivity index (χ1) is 12.2. The Kier molecular flexibility index (Phi) is 5.55. The summed E-state index contributed by atoms with van der Waals surface area (Å²) in [7, 11) is 0. The van der Waals surface area contributed by atoms with Gasteiger partial charge in [-0.1, -0.05) is 18.2 Å². The molecule has 25 heavy (non-hydrogen) atoms. The summed E-state index contributed by atoms with van der Waals surface area (Å²) in [5.74, 6) is 0.00545. The topological polar surface area (TPSA) is 65.8 Å². The molecule has 0 atom stereocenters. The van der Waals surface area contributed by atoms with Crippen LogP contribution in [0.3, 0.4) is 0 Å². The summed E-state index contributed by atoms with van der Waals surface area (Å²) < 4.78 is 0. The van der Waals surface area contributed by atoms with Crippen molar-refractivity contribution in [1.82, 2.24) is 10.3 Å². The Morgan fingerprint density at radius 3 is 2.72 bits per heavy atom. The van der Waals surface area contributed by atoms with Crippen molar-refractivity contribution in [3.63, 3.8) is 0 Å². The van der Waals surface area contributed by atoms with Crippen LogP contribution in [0, 0.1) is 11.3 Å². The second-order valence-corrected chi connectivity index (χ2v) is 6.59. The number of nitriles is 1. The van der Waals surface area contributed by atoms with Crippen molar-refractivity contribution in [1.29, 1.82) is 5.26 Å². The number of hydrogen-bond acceptors (Lipinski definition) is 4. The minimum absolute atomic E-state index is 0.00545. The number of thiophene rings is 1. The zero-order chi connectivity index (χ0) is 17.5. The van der Waals surface area contributed by atoms with Gasteiger partial charge in [0.25, 0.3) is 0 Å². The maximum Gasteiger partial charge on any atom is 0.220 e. The van der Waals surface area contributed by atoms with Crippen molar-refractivity contribution in [2.75, 3.05) is 0 Å². The lowest BCUT2D eigenvalue weighted by Gasteiger charge is -2.07. The second kappa shape index (κ2) is 8.22. The standard InChI is InChI=1S/C20H17N3OS/c21-11-16-5-3-15(4-6-16)7-8-20(24)23-13-17-10-18(14-22-12-17)19-2-1-9-25-19/h1-6,9-10,12,14H,7-8,13H2,(H,23,24). The van der Waals surface area contributed by atoms with Crippen molar-refractivity contribution >= 4 is 17.2 Å². The van der Waals surface area contributed by atoms with E-state index in [1.54, 1.807) is 29.7 Å². The monoisotopic (exact) mass is 347 g/mol. The molecule has 3 aromatic rings. The molecule has 2 heterocycles. The highest BCUT2D eigenvalue weighted by atomic mass is 32.1. The van der Waals surface area contributed by atoms with Gasteiger partial charge in [0, 0.05) is 35.8 Å². The zero-order valence-electron chi connectivity index (χ0n) is 13.6. The fourth-order valence-electron chi connectivity index (χ4n) is 2.45. The van der Waals surface area contributed by atoms with Crippen LogP contribution in [0.2, 0.25) is 0 Å². The average Bonchev–Trinajstić information content (AvgIpc) is 3.20. The van der Waals surface area contributed by atoms with E-state index < -0.39 is 0 Å². The highest BCUT2D eigenvalue weighted by Gasteiger charge is 2.05. The van der Waals surface area contributed by atoms with Crippen molar-refractivity contribution in [2.45, 2.75) is 19.4 Å². The van der Waals surface area contributed by atoms with Gasteiger partial charge in [0.05, 0.1) is 11.6 Å². The molecule has 0 radical (unpaired) electrons. The quantitative estimate of drug-likeness (QED) is 0.735. The molecule has 0 fully saturated rings. The molecule has 0 spiro atoms. The molecule has 2 aromatic heterocycles. The minimum Gasteiger partial charge on any atom is -0.352 e. The van der Waals surface area contributed by atoms with Gasteiger partial charge in [0.1, 0.15) is 0 Å². The zero-order valence-corrected chi connectivity index (χ0v) is 14.4. The summed E-state index contributed by atoms with van der Waals surface area (Å²) in [6.45, 7) is 0.471. The van der Waals surface area contributed by atoms with Crippen molar-refractivity contribution in [3.05, 3.63) is 76.9 Å². The number of amides is 1. The largest absolute Gasteiger partial charge is 0.352 e. The number of carbonyl (C=O) groups is 1. The van der Waals surface area contributed by atoms with Crippen LogP contribution in [0.25, 0.3) is 10.4 Å². The maximum atomic E-state index is 12.0. The third-order valence-corrected chi connectivity index (χ3v) is 4.73. The molecule has 124 valence electrons. The SMILES string of the molecule is N#Cc1ccc(CCC(=O)NCc2cncc(-c3cccs3)c2)cc1. The molecule has 1 aromatic carbocycles. The van der Waals surface area contributed by atoms with Crippen LogP contribution in [0.4, 0.5) is 0 Å². The predicted molar refractivity (Wildman–Crippen MR) is 98.9 cm³/mol. The third-order valence-electron chi connectivity index (χ3n) is 3.81. The van der Waals surface area contributed by atoms with Gasteiger partial charge in [-0.05, 0) is 47.2 Å². The molecule has 0 bridgehead atoms. The number of benzene rings is 1. The number of pyridine rings is 1. The highest BCUT2D eigenvalue weighted by molar-refractivity contribution is 7.13. The summed E-state index contributed by atoms with van der Waals surface area (Å²) in [6, 6.07) is 15.5. The smallest absolute Gasteiger partial charge is 0.220 e. The lowest BCUT2D eigenvalue weighted by atomic mass is 10.1. The van der Waals surface area contributed by atoms with E-state index in [0.29, 0.717) is 24.9 Å². The average molecular weight is 347 g/mol. The van der Waals surface area contributed by atoms with Gasteiger partial charge < -0.3 is 5.32 Å². The van der Waals surface area contributed by atoms with E-state index in [-0.39, 0.29) is 5.91 Å². The first-order valence-corrected chi connectivity index (χ1v) is 8.86. The van der Waals surface area contributed by atoms with E-state index in [0.717, 1.165) is 16.7 Å². The molecule has 5 heteroatoms. The van der Waals surface area contributed by atoms with Crippen molar-refractivity contribution in [3.8, 4) is 16.5 Å². The Balaban J connectivity index is 1.50. The summed E-state index contributed by atoms with van der Waals surface area (Å²) in [6.07, 6.45) is 4.69. The summed E-state index contributed by atoms with van der Waals surface area (Å²) >= 11 is 1.67. The van der Waals surface area contributed by atoms with Crippen LogP contribution >= 0.6 is 11.3 Å². The Morgan fingerprint density at radius 1 is 1.16 bits per heavy atom. The fourth-order valence-corrected chi connectivity index (χ4v) is 3.16. The maximum absolute atomic E-state index is 12.0. The van der Waals surface area contributed by atoms with E-state index >= 15 is 0 Å². The molecule has 3 rings (SSSR count). The van der Waals surface area contributed by atoms with Gasteiger partial charge in [0.15, 0.2) is 0 Å². The highest BCUT2D eigenvalue weighted by Crippen LogP contribution is 2.24. The second-order valence-electron chi connectivity index (χ2n) is 5.64. The van der Waals surface area contributed by atoms with Crippen LogP contribution in [0.15, 0.2) is 60.2 Å². The van der Waals surface area contributed by atoms with Crippen LogP contribution < -0.4 is 5.32 Å². The molecule has 0 aliphatic carbocycles. The van der Waals surface area contributed by atoms with Crippen molar-refractivity contribution < 1.29 is 4.79 Å². The number of hydrogen-bond donors (Lipinski definition) is 1. The first kappa shape index (κ1) is 16.9. The van der Waals surface area contributed by atoms with E-state index in [1.165, 1.54) is 4.88 Å². The minimum atomic E-state index is 0.00545. The number of aromatic nitrogens is 1. The van der Waals surface area contributed by atoms with Crippen LogP contribution in [-0.2, 0) is 17.8 Å². The number of nitrogens with one attached hydrogen (secondary N) is 1. The summed E-state index contributed by atoms with van der Waals surface area (Å²) in [5.41, 5.74) is 3.73. The van der Waals surface area contributed by atoms with Gasteiger partial charge in [-0.15, -0.1) is 11.3 Å². The lowest BCUT2D eigenvalue weighted by Crippen LogP contribution is -2.23. The summed E-state index contributed by atoms with van der Waals surface area (Å²) in [4.78, 5) is 17.5. The van der Waals surface area contributed by atoms with Crippen LogP contribution in [-0.4, -0.2) is 10.9 Å². The lowest BCUT2D eigenvalue weighted by molar-refractivity contribution is -0.121. The molecule has 4 nitrogen and oxygen atoms in total. The number of rotatable bonds is 6. The van der Waals surface area contributed by atoms with E-state index in [4.69, 9.17) is 5.26 Å². The predicted octanol–water partition coefficient (Wildman–Crippen LogP) is 3.93. The Labute approximate surface area is 150 Å². The number of nitrogens with zero attached hydrogens (tertiary/aromatic N) is 2. The van der Waals surface area contributed by atoms with Gasteiger partial charge >= 0.3 is 0 Å². The molecular weight excluding hydrogens is 330 g/mol. The van der Waals surface area contributed by atoms with Gasteiger partial charge in [-0.2, -0.15) is 5.26 Å². The van der Waals surface area contributed by atoms with E-state index in [2.05, 4.69) is 28.5 Å². The van der Waals surface area contributed by atoms with Gasteiger partial charge in [-0.25, -0.2) is 0 Å². The fraction of sp³-hybridized carbons (Fsp3) is 0.150. The molecule has 1 N–H and O–H groups in total. The molecule has 0 unspecified atom stereocenters. The Hall–Kier alpha value is -2.97. The van der Waals surface area contributed by atoms with E-state index in [9.17, 15) is 4.79 Å². The molecule has 0 saturated carbocycles. The molecular formula is C20H17N3OS.